The van der Waals surface area contributed by atoms with Crippen LogP contribution in [0.25, 0.3) is 0 Å². The Morgan fingerprint density at radius 2 is 1.86 bits per heavy atom. The van der Waals surface area contributed by atoms with Gasteiger partial charge in [0.15, 0.2) is 0 Å². The number of benzene rings is 1. The molecule has 1 aromatic carbocycles. The minimum Gasteiger partial charge on any atom is -0.350 e. The predicted octanol–water partition coefficient (Wildman–Crippen LogP) is 1.89. The second-order valence-electron chi connectivity index (χ2n) is 4.69. The Balaban J connectivity index is 2.01. The van der Waals surface area contributed by atoms with Crippen molar-refractivity contribution in [3.05, 3.63) is 60.2 Å². The minimum absolute atomic E-state index is 0.0917. The third-order valence-electron chi connectivity index (χ3n) is 3.06. The van der Waals surface area contributed by atoms with Crippen molar-refractivity contribution in [2.45, 2.75) is 13.5 Å². The molecule has 114 valence electrons. The van der Waals surface area contributed by atoms with Crippen LogP contribution in [0, 0.1) is 5.82 Å². The molecule has 0 unspecified atom stereocenters. The summed E-state index contributed by atoms with van der Waals surface area (Å²) >= 11 is 0. The lowest BCUT2D eigenvalue weighted by Gasteiger charge is -2.21. The smallest absolute Gasteiger partial charge is 0.240 e. The van der Waals surface area contributed by atoms with Crippen LogP contribution in [0.1, 0.15) is 12.5 Å². The standard InChI is InChI=1S/C16H16FN3O2/c1-12(21)20(15-5-3-2-4-14(15)17)11-16(22)19-10-13-6-8-18-9-7-13/h2-9H,10-11H2,1H3,(H,19,22). The van der Waals surface area contributed by atoms with Gasteiger partial charge < -0.3 is 10.2 Å². The molecule has 0 saturated carbocycles. The molecule has 0 aliphatic rings. The van der Waals surface area contributed by atoms with Crippen LogP contribution in [0.4, 0.5) is 10.1 Å². The van der Waals surface area contributed by atoms with Gasteiger partial charge in [-0.05, 0) is 29.8 Å². The lowest BCUT2D eigenvalue weighted by Crippen LogP contribution is -2.40. The Kier molecular flexibility index (Phi) is 5.19. The van der Waals surface area contributed by atoms with E-state index < -0.39 is 11.7 Å². The molecule has 2 aromatic rings. The first-order chi connectivity index (χ1) is 10.6. The van der Waals surface area contributed by atoms with Gasteiger partial charge in [0, 0.05) is 25.9 Å². The molecule has 1 heterocycles. The van der Waals surface area contributed by atoms with Gasteiger partial charge in [-0.25, -0.2) is 4.39 Å². The molecule has 0 atom stereocenters. The lowest BCUT2D eigenvalue weighted by molar-refractivity contribution is -0.123. The number of pyridine rings is 1. The molecule has 22 heavy (non-hydrogen) atoms. The molecule has 1 aromatic heterocycles. The van der Waals surface area contributed by atoms with Gasteiger partial charge in [0.2, 0.25) is 11.8 Å². The highest BCUT2D eigenvalue weighted by Crippen LogP contribution is 2.18. The van der Waals surface area contributed by atoms with Crippen LogP contribution < -0.4 is 10.2 Å². The van der Waals surface area contributed by atoms with E-state index in [1.54, 1.807) is 30.6 Å². The van der Waals surface area contributed by atoms with Crippen LogP contribution in [-0.2, 0) is 16.1 Å². The zero-order valence-electron chi connectivity index (χ0n) is 12.1. The Bertz CT molecular complexity index is 661. The molecule has 0 radical (unpaired) electrons. The number of rotatable bonds is 5. The van der Waals surface area contributed by atoms with Crippen LogP contribution >= 0.6 is 0 Å². The first kappa shape index (κ1) is 15.6. The Labute approximate surface area is 127 Å². The third-order valence-corrected chi connectivity index (χ3v) is 3.06. The van der Waals surface area contributed by atoms with Crippen molar-refractivity contribution in [2.75, 3.05) is 11.4 Å². The largest absolute Gasteiger partial charge is 0.350 e. The van der Waals surface area contributed by atoms with E-state index >= 15 is 0 Å². The van der Waals surface area contributed by atoms with Crippen molar-refractivity contribution in [1.29, 1.82) is 0 Å². The number of para-hydroxylation sites is 1. The number of anilines is 1. The van der Waals surface area contributed by atoms with E-state index in [0.717, 1.165) is 10.5 Å². The van der Waals surface area contributed by atoms with E-state index in [9.17, 15) is 14.0 Å². The van der Waals surface area contributed by atoms with Crippen LogP contribution in [0.2, 0.25) is 0 Å². The maximum Gasteiger partial charge on any atom is 0.240 e. The number of hydrogen-bond donors (Lipinski definition) is 1. The van der Waals surface area contributed by atoms with E-state index in [4.69, 9.17) is 0 Å². The highest BCUT2D eigenvalue weighted by molar-refractivity contribution is 5.97. The SMILES string of the molecule is CC(=O)N(CC(=O)NCc1ccncc1)c1ccccc1F. The van der Waals surface area contributed by atoms with Crippen molar-refractivity contribution in [3.8, 4) is 0 Å². The van der Waals surface area contributed by atoms with E-state index in [-0.39, 0.29) is 18.1 Å². The quantitative estimate of drug-likeness (QED) is 0.917. The fourth-order valence-electron chi connectivity index (χ4n) is 1.94. The third kappa shape index (κ3) is 4.12. The predicted molar refractivity (Wildman–Crippen MR) is 80.5 cm³/mol. The summed E-state index contributed by atoms with van der Waals surface area (Å²) in [7, 11) is 0. The van der Waals surface area contributed by atoms with Crippen molar-refractivity contribution in [2.24, 2.45) is 0 Å². The number of nitrogens with zero attached hydrogens (tertiary/aromatic N) is 2. The molecule has 0 spiro atoms. The van der Waals surface area contributed by atoms with Crippen molar-refractivity contribution in [1.82, 2.24) is 10.3 Å². The number of halogens is 1. The lowest BCUT2D eigenvalue weighted by atomic mass is 10.2. The highest BCUT2D eigenvalue weighted by Gasteiger charge is 2.18. The summed E-state index contributed by atoms with van der Waals surface area (Å²) in [5.41, 5.74) is 0.984. The van der Waals surface area contributed by atoms with Crippen LogP contribution in [0.15, 0.2) is 48.8 Å². The topological polar surface area (TPSA) is 62.3 Å². The number of carbonyl (C=O) groups is 2. The summed E-state index contributed by atoms with van der Waals surface area (Å²) in [5, 5.41) is 2.69. The van der Waals surface area contributed by atoms with Gasteiger partial charge in [0.1, 0.15) is 12.4 Å². The number of carbonyl (C=O) groups excluding carboxylic acids is 2. The van der Waals surface area contributed by atoms with Gasteiger partial charge in [-0.3, -0.25) is 14.6 Å². The van der Waals surface area contributed by atoms with Crippen molar-refractivity contribution < 1.29 is 14.0 Å². The second kappa shape index (κ2) is 7.31. The monoisotopic (exact) mass is 301 g/mol. The summed E-state index contributed by atoms with van der Waals surface area (Å²) in [6.45, 7) is 1.38. The summed E-state index contributed by atoms with van der Waals surface area (Å²) in [6.07, 6.45) is 3.26. The average molecular weight is 301 g/mol. The van der Waals surface area contributed by atoms with Gasteiger partial charge in [-0.15, -0.1) is 0 Å². The first-order valence-corrected chi connectivity index (χ1v) is 6.76. The van der Waals surface area contributed by atoms with Crippen LogP contribution in [0.3, 0.4) is 0 Å². The number of aromatic nitrogens is 1. The first-order valence-electron chi connectivity index (χ1n) is 6.76. The number of hydrogen-bond acceptors (Lipinski definition) is 3. The van der Waals surface area contributed by atoms with Crippen LogP contribution in [-0.4, -0.2) is 23.3 Å². The molecule has 5 nitrogen and oxygen atoms in total. The van der Waals surface area contributed by atoms with Gasteiger partial charge in [-0.1, -0.05) is 12.1 Å². The molecule has 1 N–H and O–H groups in total. The van der Waals surface area contributed by atoms with Gasteiger partial charge >= 0.3 is 0 Å². The molecule has 2 amide bonds. The Morgan fingerprint density at radius 1 is 1.18 bits per heavy atom. The van der Waals surface area contributed by atoms with Gasteiger partial charge in [0.25, 0.3) is 0 Å². The number of nitrogens with one attached hydrogen (secondary N) is 1. The fourth-order valence-corrected chi connectivity index (χ4v) is 1.94. The van der Waals surface area contributed by atoms with Crippen molar-refractivity contribution in [3.63, 3.8) is 0 Å². The zero-order valence-corrected chi connectivity index (χ0v) is 12.1. The Morgan fingerprint density at radius 3 is 2.50 bits per heavy atom. The van der Waals surface area contributed by atoms with E-state index in [1.807, 2.05) is 0 Å². The molecule has 2 rings (SSSR count). The minimum atomic E-state index is -0.542. The highest BCUT2D eigenvalue weighted by atomic mass is 19.1. The molecular weight excluding hydrogens is 285 g/mol. The zero-order chi connectivity index (χ0) is 15.9. The van der Waals surface area contributed by atoms with Gasteiger partial charge in [0.05, 0.1) is 5.69 Å². The molecule has 6 heteroatoms. The molecule has 0 saturated heterocycles. The fraction of sp³-hybridized carbons (Fsp3) is 0.188. The van der Waals surface area contributed by atoms with Gasteiger partial charge in [-0.2, -0.15) is 0 Å². The normalized spacial score (nSPS) is 10.1. The Hall–Kier alpha value is -2.76. The summed E-state index contributed by atoms with van der Waals surface area (Å²) in [6, 6.07) is 9.41. The van der Waals surface area contributed by atoms with E-state index in [1.165, 1.54) is 25.1 Å². The molecule has 0 bridgehead atoms. The summed E-state index contributed by atoms with van der Waals surface area (Å²) in [5.74, 6) is -1.31. The van der Waals surface area contributed by atoms with E-state index in [0.29, 0.717) is 6.54 Å². The van der Waals surface area contributed by atoms with E-state index in [2.05, 4.69) is 10.3 Å². The maximum absolute atomic E-state index is 13.8. The molecular formula is C16H16FN3O2. The molecule has 0 aliphatic carbocycles. The number of amides is 2. The molecule has 0 aliphatic heterocycles. The maximum atomic E-state index is 13.8. The summed E-state index contributed by atoms with van der Waals surface area (Å²) in [4.78, 5) is 28.6. The summed E-state index contributed by atoms with van der Waals surface area (Å²) < 4.78 is 13.8. The molecule has 0 fully saturated rings. The average Bonchev–Trinajstić information content (AvgIpc) is 2.52. The van der Waals surface area contributed by atoms with Crippen LogP contribution in [0.5, 0.6) is 0 Å². The second-order valence-corrected chi connectivity index (χ2v) is 4.69. The van der Waals surface area contributed by atoms with Crippen molar-refractivity contribution >= 4 is 17.5 Å².